The van der Waals surface area contributed by atoms with E-state index in [4.69, 9.17) is 10.6 Å². The maximum Gasteiger partial charge on any atom is 0.206 e. The number of rotatable bonds is 5. The Balaban J connectivity index is 2.64. The number of ether oxygens (including phenoxy) is 1. The van der Waals surface area contributed by atoms with Crippen LogP contribution in [0.5, 0.6) is 0 Å². The lowest BCUT2D eigenvalue weighted by Gasteiger charge is -2.25. The van der Waals surface area contributed by atoms with Gasteiger partial charge in [-0.05, 0) is 13.8 Å². The van der Waals surface area contributed by atoms with Crippen LogP contribution in [0.2, 0.25) is 0 Å². The Hall–Kier alpha value is -1.18. The van der Waals surface area contributed by atoms with Crippen LogP contribution < -0.4 is 16.6 Å². The minimum Gasteiger partial charge on any atom is -0.383 e. The minimum absolute atomic E-state index is 0.313. The van der Waals surface area contributed by atoms with E-state index >= 15 is 0 Å². The van der Waals surface area contributed by atoms with E-state index in [0.717, 1.165) is 5.01 Å². The number of hydrogen-bond acceptors (Lipinski definition) is 5. The maximum absolute atomic E-state index is 5.41. The van der Waals surface area contributed by atoms with Crippen LogP contribution in [0, 0.1) is 0 Å². The summed E-state index contributed by atoms with van der Waals surface area (Å²) in [5, 5.41) is 6.13. The molecule has 0 spiro atoms. The molecule has 1 heterocycles. The molecule has 96 valence electrons. The second-order valence-electron chi connectivity index (χ2n) is 3.95. The second kappa shape index (κ2) is 6.53. The summed E-state index contributed by atoms with van der Waals surface area (Å²) >= 11 is 1.59. The average molecular weight is 257 g/mol. The van der Waals surface area contributed by atoms with Crippen LogP contribution in [0.1, 0.15) is 18.9 Å². The van der Waals surface area contributed by atoms with Crippen molar-refractivity contribution < 1.29 is 4.74 Å². The molecule has 0 aromatic carbocycles. The standard InChI is InChI=1S/C10H19N5OS/c1-10(2,8-12-5-7-17-8)14-9(15-11)13-4-6-16-3/h5,7H,4,6,11H2,1-3H3,(H2,13,14,15). The van der Waals surface area contributed by atoms with Crippen LogP contribution in [0.15, 0.2) is 16.6 Å². The average Bonchev–Trinajstić information content (AvgIpc) is 2.82. The van der Waals surface area contributed by atoms with E-state index < -0.39 is 0 Å². The molecule has 0 fully saturated rings. The summed E-state index contributed by atoms with van der Waals surface area (Å²) in [6.45, 7) is 5.16. The fraction of sp³-hybridized carbons (Fsp3) is 0.600. The van der Waals surface area contributed by atoms with Gasteiger partial charge >= 0.3 is 0 Å². The zero-order chi connectivity index (χ0) is 12.7. The number of nitrogens with zero attached hydrogens (tertiary/aromatic N) is 2. The fourth-order valence-corrected chi connectivity index (χ4v) is 1.97. The summed E-state index contributed by atoms with van der Waals surface area (Å²) in [7, 11) is 1.64. The van der Waals surface area contributed by atoms with E-state index in [1.165, 1.54) is 0 Å². The summed E-state index contributed by atoms with van der Waals surface area (Å²) in [6, 6.07) is 0. The van der Waals surface area contributed by atoms with Gasteiger partial charge in [0.15, 0.2) is 0 Å². The lowest BCUT2D eigenvalue weighted by Crippen LogP contribution is -2.50. The molecule has 7 heteroatoms. The first-order valence-electron chi connectivity index (χ1n) is 5.28. The smallest absolute Gasteiger partial charge is 0.206 e. The Labute approximate surface area is 105 Å². The van der Waals surface area contributed by atoms with Gasteiger partial charge in [0.25, 0.3) is 0 Å². The highest BCUT2D eigenvalue weighted by Crippen LogP contribution is 2.21. The van der Waals surface area contributed by atoms with Crippen LogP contribution in [-0.4, -0.2) is 31.2 Å². The molecule has 6 nitrogen and oxygen atoms in total. The lowest BCUT2D eigenvalue weighted by atomic mass is 10.1. The van der Waals surface area contributed by atoms with Crippen LogP contribution >= 0.6 is 11.3 Å². The molecule has 1 rings (SSSR count). The van der Waals surface area contributed by atoms with Gasteiger partial charge in [-0.15, -0.1) is 11.3 Å². The summed E-state index contributed by atoms with van der Waals surface area (Å²) in [5.74, 6) is 5.94. The van der Waals surface area contributed by atoms with Crippen LogP contribution in [0.3, 0.4) is 0 Å². The van der Waals surface area contributed by atoms with E-state index in [9.17, 15) is 0 Å². The van der Waals surface area contributed by atoms with Crippen molar-refractivity contribution in [3.05, 3.63) is 16.6 Å². The number of nitrogens with one attached hydrogen (secondary N) is 2. The number of thiazole rings is 1. The summed E-state index contributed by atoms with van der Waals surface area (Å²) < 4.78 is 4.93. The van der Waals surface area contributed by atoms with Gasteiger partial charge < -0.3 is 10.1 Å². The third-order valence-electron chi connectivity index (χ3n) is 2.10. The van der Waals surface area contributed by atoms with Crippen molar-refractivity contribution in [3.8, 4) is 0 Å². The van der Waals surface area contributed by atoms with Gasteiger partial charge in [0, 0.05) is 18.7 Å². The van der Waals surface area contributed by atoms with Crippen LogP contribution in [0.25, 0.3) is 0 Å². The van der Waals surface area contributed by atoms with Gasteiger partial charge in [-0.2, -0.15) is 0 Å². The molecule has 0 aliphatic rings. The minimum atomic E-state index is -0.313. The fourth-order valence-electron chi connectivity index (χ4n) is 1.25. The molecule has 4 N–H and O–H groups in total. The summed E-state index contributed by atoms with van der Waals surface area (Å²) in [4.78, 5) is 8.53. The molecule has 0 aliphatic carbocycles. The zero-order valence-corrected chi connectivity index (χ0v) is 11.2. The molecule has 0 saturated heterocycles. The Morgan fingerprint density at radius 2 is 2.41 bits per heavy atom. The molecule has 1 aromatic rings. The monoisotopic (exact) mass is 257 g/mol. The van der Waals surface area contributed by atoms with Crippen molar-refractivity contribution in [3.63, 3.8) is 0 Å². The van der Waals surface area contributed by atoms with Gasteiger partial charge in [-0.1, -0.05) is 0 Å². The highest BCUT2D eigenvalue weighted by molar-refractivity contribution is 7.09. The predicted molar refractivity (Wildman–Crippen MR) is 69.8 cm³/mol. The molecule has 0 radical (unpaired) electrons. The molecular formula is C10H19N5OS. The molecule has 0 unspecified atom stereocenters. The molecule has 0 atom stereocenters. The molecule has 17 heavy (non-hydrogen) atoms. The van der Waals surface area contributed by atoms with Gasteiger partial charge in [0.05, 0.1) is 18.7 Å². The summed E-state index contributed by atoms with van der Waals surface area (Å²) in [6.07, 6.45) is 1.78. The lowest BCUT2D eigenvalue weighted by molar-refractivity contribution is 0.207. The van der Waals surface area contributed by atoms with E-state index in [1.807, 2.05) is 19.2 Å². The first-order chi connectivity index (χ1) is 8.10. The number of hydrogen-bond donors (Lipinski definition) is 3. The summed E-state index contributed by atoms with van der Waals surface area (Å²) in [5.41, 5.74) is 2.23. The van der Waals surface area contributed by atoms with Crippen LogP contribution in [0.4, 0.5) is 0 Å². The third-order valence-corrected chi connectivity index (χ3v) is 3.20. The quantitative estimate of drug-likeness (QED) is 0.234. The topological polar surface area (TPSA) is 84.6 Å². The number of aliphatic imine (C=N–C) groups is 1. The van der Waals surface area contributed by atoms with Gasteiger partial charge in [0.2, 0.25) is 5.96 Å². The van der Waals surface area contributed by atoms with Crippen molar-refractivity contribution >= 4 is 17.3 Å². The van der Waals surface area contributed by atoms with Gasteiger partial charge in [-0.25, -0.2) is 15.8 Å². The third kappa shape index (κ3) is 4.29. The molecule has 0 aliphatic heterocycles. The van der Waals surface area contributed by atoms with Crippen molar-refractivity contribution in [2.45, 2.75) is 19.4 Å². The Morgan fingerprint density at radius 1 is 1.65 bits per heavy atom. The van der Waals surface area contributed by atoms with Crippen molar-refractivity contribution in [1.82, 2.24) is 15.7 Å². The largest absolute Gasteiger partial charge is 0.383 e. The number of hydrazine groups is 1. The normalized spacial score (nSPS) is 12.6. The van der Waals surface area contributed by atoms with Crippen molar-refractivity contribution in [2.24, 2.45) is 10.8 Å². The van der Waals surface area contributed by atoms with E-state index in [-0.39, 0.29) is 5.54 Å². The number of aromatic nitrogens is 1. The number of methoxy groups -OCH3 is 1. The highest BCUT2D eigenvalue weighted by Gasteiger charge is 2.24. The van der Waals surface area contributed by atoms with Crippen LogP contribution in [-0.2, 0) is 10.3 Å². The Bertz CT molecular complexity index is 350. The molecule has 0 saturated carbocycles. The second-order valence-corrected chi connectivity index (χ2v) is 4.85. The van der Waals surface area contributed by atoms with E-state index in [2.05, 4.69) is 20.7 Å². The van der Waals surface area contributed by atoms with Gasteiger partial charge in [-0.3, -0.25) is 5.43 Å². The Kier molecular flexibility index (Phi) is 5.33. The SMILES string of the molecule is COCCN=C(NN)NC(C)(C)c1nccs1. The Morgan fingerprint density at radius 3 is 2.94 bits per heavy atom. The molecule has 0 amide bonds. The first kappa shape index (κ1) is 13.9. The van der Waals surface area contributed by atoms with E-state index in [0.29, 0.717) is 19.1 Å². The predicted octanol–water partition coefficient (Wildman–Crippen LogP) is 0.434. The van der Waals surface area contributed by atoms with Crippen molar-refractivity contribution in [2.75, 3.05) is 20.3 Å². The molecule has 0 bridgehead atoms. The first-order valence-corrected chi connectivity index (χ1v) is 6.16. The van der Waals surface area contributed by atoms with Gasteiger partial charge in [0.1, 0.15) is 5.01 Å². The zero-order valence-electron chi connectivity index (χ0n) is 10.4. The maximum atomic E-state index is 5.41. The number of guanidine groups is 1. The number of nitrogens with two attached hydrogens (primary N) is 1. The molecule has 1 aromatic heterocycles. The van der Waals surface area contributed by atoms with E-state index in [1.54, 1.807) is 24.6 Å². The molecular weight excluding hydrogens is 238 g/mol. The van der Waals surface area contributed by atoms with Crippen molar-refractivity contribution in [1.29, 1.82) is 0 Å². The highest BCUT2D eigenvalue weighted by atomic mass is 32.1.